The van der Waals surface area contributed by atoms with Crippen LogP contribution in [0.25, 0.3) is 0 Å². The van der Waals surface area contributed by atoms with Crippen LogP contribution in [0.15, 0.2) is 12.3 Å². The molecule has 1 aromatic heterocycles. The van der Waals surface area contributed by atoms with Crippen LogP contribution in [0.1, 0.15) is 10.4 Å². The normalized spacial score (nSPS) is 9.44. The van der Waals surface area contributed by atoms with Crippen LogP contribution in [-0.2, 0) is 0 Å². The lowest BCUT2D eigenvalue weighted by atomic mass is 10.3. The Bertz CT molecular complexity index is 428. The van der Waals surface area contributed by atoms with Crippen molar-refractivity contribution < 1.29 is 4.79 Å². The number of pyridine rings is 1. The summed E-state index contributed by atoms with van der Waals surface area (Å²) in [5, 5.41) is 3.11. The Morgan fingerprint density at radius 3 is 2.88 bits per heavy atom. The second-order valence-electron chi connectivity index (χ2n) is 2.65. The van der Waals surface area contributed by atoms with Gasteiger partial charge in [0.1, 0.15) is 5.15 Å². The number of halogens is 2. The fourth-order valence-corrected chi connectivity index (χ4v) is 1.52. The predicted octanol–water partition coefficient (Wildman–Crippen LogP) is 1.08. The molecular weight excluding hydrogens is 363 g/mol. The minimum absolute atomic E-state index is 0.148. The van der Waals surface area contributed by atoms with Crippen LogP contribution in [-0.4, -0.2) is 23.1 Å². The highest BCUT2D eigenvalue weighted by molar-refractivity contribution is 14.1. The lowest BCUT2D eigenvalue weighted by Crippen LogP contribution is -2.45. The maximum absolute atomic E-state index is 11.6. The maximum Gasteiger partial charge on any atom is 0.272 e. The third-order valence-corrected chi connectivity index (χ3v) is 2.76. The van der Waals surface area contributed by atoms with E-state index in [0.29, 0.717) is 10.7 Å². The number of carbonyl (C=O) groups excluding carboxylic acids is 1. The number of nitrogens with one attached hydrogen (secondary N) is 3. The molecular formula is C8H8ClIN4OS. The van der Waals surface area contributed by atoms with Gasteiger partial charge in [-0.05, 0) is 40.9 Å². The summed E-state index contributed by atoms with van der Waals surface area (Å²) in [6, 6.07) is 1.63. The van der Waals surface area contributed by atoms with Crippen LogP contribution < -0.4 is 16.2 Å². The van der Waals surface area contributed by atoms with Crippen molar-refractivity contribution in [1.82, 2.24) is 21.2 Å². The van der Waals surface area contributed by atoms with Crippen molar-refractivity contribution in [2.24, 2.45) is 0 Å². The second kappa shape index (κ2) is 6.16. The summed E-state index contributed by atoms with van der Waals surface area (Å²) in [6.45, 7) is 0. The number of nitrogens with zero attached hydrogens (tertiary/aromatic N) is 1. The largest absolute Gasteiger partial charge is 0.364 e. The molecule has 0 saturated carbocycles. The zero-order valence-corrected chi connectivity index (χ0v) is 11.9. The minimum atomic E-state index is -0.395. The van der Waals surface area contributed by atoms with E-state index in [4.69, 9.17) is 23.8 Å². The van der Waals surface area contributed by atoms with Crippen LogP contribution in [0.2, 0.25) is 5.15 Å². The van der Waals surface area contributed by atoms with E-state index in [1.165, 1.54) is 0 Å². The molecule has 5 nitrogen and oxygen atoms in total. The summed E-state index contributed by atoms with van der Waals surface area (Å²) in [7, 11) is 1.64. The molecule has 0 unspecified atom stereocenters. The van der Waals surface area contributed by atoms with Crippen molar-refractivity contribution in [3.63, 3.8) is 0 Å². The monoisotopic (exact) mass is 370 g/mol. The van der Waals surface area contributed by atoms with Gasteiger partial charge in [0.05, 0.1) is 5.56 Å². The molecule has 1 rings (SSSR count). The molecule has 0 atom stereocenters. The van der Waals surface area contributed by atoms with Gasteiger partial charge in [0.25, 0.3) is 5.91 Å². The molecule has 0 fully saturated rings. The van der Waals surface area contributed by atoms with Crippen LogP contribution in [0, 0.1) is 3.57 Å². The highest BCUT2D eigenvalue weighted by Gasteiger charge is 2.11. The molecule has 1 heterocycles. The molecule has 0 saturated heterocycles. The van der Waals surface area contributed by atoms with Gasteiger partial charge in [-0.15, -0.1) is 0 Å². The maximum atomic E-state index is 11.6. The van der Waals surface area contributed by atoms with E-state index in [9.17, 15) is 4.79 Å². The molecule has 1 aromatic rings. The molecule has 0 aliphatic rings. The number of hydrogen-bond donors (Lipinski definition) is 3. The predicted molar refractivity (Wildman–Crippen MR) is 74.2 cm³/mol. The first-order chi connectivity index (χ1) is 7.54. The first-order valence-electron chi connectivity index (χ1n) is 4.13. The van der Waals surface area contributed by atoms with Crippen LogP contribution >= 0.6 is 46.4 Å². The van der Waals surface area contributed by atoms with Gasteiger partial charge in [-0.1, -0.05) is 11.6 Å². The third-order valence-electron chi connectivity index (χ3n) is 1.57. The first-order valence-corrected chi connectivity index (χ1v) is 6.00. The summed E-state index contributed by atoms with van der Waals surface area (Å²) in [5.74, 6) is -0.395. The summed E-state index contributed by atoms with van der Waals surface area (Å²) >= 11 is 12.6. The molecule has 0 aliphatic heterocycles. The molecule has 0 aliphatic carbocycles. The van der Waals surface area contributed by atoms with E-state index in [1.54, 1.807) is 19.3 Å². The van der Waals surface area contributed by atoms with Gasteiger partial charge in [-0.2, -0.15) is 0 Å². The Hall–Kier alpha value is -0.670. The number of rotatable bonds is 1. The van der Waals surface area contributed by atoms with E-state index in [1.807, 2.05) is 22.6 Å². The average Bonchev–Trinajstić information content (AvgIpc) is 2.28. The van der Waals surface area contributed by atoms with Gasteiger partial charge in [0.2, 0.25) is 0 Å². The van der Waals surface area contributed by atoms with Gasteiger partial charge in [-0.25, -0.2) is 4.98 Å². The van der Waals surface area contributed by atoms with Crippen molar-refractivity contribution in [2.45, 2.75) is 0 Å². The number of aromatic nitrogens is 1. The summed E-state index contributed by atoms with van der Waals surface area (Å²) in [4.78, 5) is 15.5. The van der Waals surface area contributed by atoms with Crippen molar-refractivity contribution in [3.8, 4) is 0 Å². The molecule has 0 aromatic carbocycles. The van der Waals surface area contributed by atoms with E-state index in [0.717, 1.165) is 3.57 Å². The van der Waals surface area contributed by atoms with E-state index >= 15 is 0 Å². The quantitative estimate of drug-likeness (QED) is 0.299. The van der Waals surface area contributed by atoms with Crippen molar-refractivity contribution in [3.05, 3.63) is 26.5 Å². The molecule has 0 spiro atoms. The Morgan fingerprint density at radius 1 is 1.56 bits per heavy atom. The van der Waals surface area contributed by atoms with Crippen molar-refractivity contribution in [1.29, 1.82) is 0 Å². The van der Waals surface area contributed by atoms with Gasteiger partial charge in [-0.3, -0.25) is 15.6 Å². The van der Waals surface area contributed by atoms with E-state index < -0.39 is 5.91 Å². The number of amides is 1. The van der Waals surface area contributed by atoms with Crippen LogP contribution in [0.3, 0.4) is 0 Å². The Balaban J connectivity index is 2.73. The van der Waals surface area contributed by atoms with Gasteiger partial charge >= 0.3 is 0 Å². The Morgan fingerprint density at radius 2 is 2.25 bits per heavy atom. The number of hydrogen-bond acceptors (Lipinski definition) is 3. The molecule has 0 radical (unpaired) electrons. The SMILES string of the molecule is CNC(=S)NNC(=O)c1cc(I)cnc1Cl. The van der Waals surface area contributed by atoms with Crippen molar-refractivity contribution in [2.75, 3.05) is 7.05 Å². The standard InChI is InChI=1S/C8H8ClIN4OS/c1-11-8(16)14-13-7(15)5-2-4(10)3-12-6(5)9/h2-3H,1H3,(H,13,15)(H2,11,14,16). The molecule has 86 valence electrons. The zero-order chi connectivity index (χ0) is 12.1. The van der Waals surface area contributed by atoms with Crippen LogP contribution in [0.5, 0.6) is 0 Å². The smallest absolute Gasteiger partial charge is 0.272 e. The molecule has 0 bridgehead atoms. The lowest BCUT2D eigenvalue weighted by Gasteiger charge is -2.09. The average molecular weight is 371 g/mol. The topological polar surface area (TPSA) is 66.0 Å². The Kier molecular flexibility index (Phi) is 5.16. The summed E-state index contributed by atoms with van der Waals surface area (Å²) < 4.78 is 0.823. The van der Waals surface area contributed by atoms with Gasteiger partial charge in [0, 0.05) is 16.8 Å². The lowest BCUT2D eigenvalue weighted by molar-refractivity contribution is 0.0943. The highest BCUT2D eigenvalue weighted by atomic mass is 127. The Labute approximate surface area is 116 Å². The third kappa shape index (κ3) is 3.72. The zero-order valence-electron chi connectivity index (χ0n) is 8.17. The molecule has 8 heteroatoms. The van der Waals surface area contributed by atoms with E-state index in [-0.39, 0.29) is 5.15 Å². The molecule has 16 heavy (non-hydrogen) atoms. The molecule has 3 N–H and O–H groups in total. The summed E-state index contributed by atoms with van der Waals surface area (Å²) in [5.41, 5.74) is 5.20. The van der Waals surface area contributed by atoms with Gasteiger partial charge < -0.3 is 5.32 Å². The fraction of sp³-hybridized carbons (Fsp3) is 0.125. The second-order valence-corrected chi connectivity index (χ2v) is 4.66. The fourth-order valence-electron chi connectivity index (χ4n) is 0.825. The van der Waals surface area contributed by atoms with Crippen molar-refractivity contribution >= 4 is 57.4 Å². The van der Waals surface area contributed by atoms with Gasteiger partial charge in [0.15, 0.2) is 5.11 Å². The highest BCUT2D eigenvalue weighted by Crippen LogP contribution is 2.15. The number of thiocarbonyl (C=S) groups is 1. The van der Waals surface area contributed by atoms with E-state index in [2.05, 4.69) is 21.2 Å². The molecule has 1 amide bonds. The van der Waals surface area contributed by atoms with Crippen LogP contribution in [0.4, 0.5) is 0 Å². The number of carbonyl (C=O) groups is 1. The summed E-state index contributed by atoms with van der Waals surface area (Å²) in [6.07, 6.45) is 1.57. The first kappa shape index (κ1) is 13.4. The number of hydrazine groups is 1. The minimum Gasteiger partial charge on any atom is -0.364 e.